The van der Waals surface area contributed by atoms with E-state index >= 15 is 0 Å². The van der Waals surface area contributed by atoms with Gasteiger partial charge >= 0.3 is 0 Å². The smallest absolute Gasteiger partial charge is 0.247 e. The Bertz CT molecular complexity index is 901. The lowest BCUT2D eigenvalue weighted by Gasteiger charge is -2.29. The van der Waals surface area contributed by atoms with Gasteiger partial charge in [0, 0.05) is 23.5 Å². The molecule has 1 aromatic heterocycles. The minimum atomic E-state index is -0.627. The molecule has 4 rings (SSSR count). The number of amides is 2. The monoisotopic (exact) mass is 319 g/mol. The molecule has 0 radical (unpaired) electrons. The highest BCUT2D eigenvalue weighted by Gasteiger charge is 2.34. The van der Waals surface area contributed by atoms with Crippen LogP contribution in [0.15, 0.2) is 60.8 Å². The maximum absolute atomic E-state index is 12.4. The van der Waals surface area contributed by atoms with Gasteiger partial charge in [-0.15, -0.1) is 0 Å². The first-order chi connectivity index (χ1) is 11.7. The van der Waals surface area contributed by atoms with Crippen molar-refractivity contribution in [2.45, 2.75) is 18.5 Å². The van der Waals surface area contributed by atoms with E-state index in [0.29, 0.717) is 6.42 Å². The van der Waals surface area contributed by atoms with Crippen LogP contribution < -0.4 is 10.6 Å². The SMILES string of the molecule is O=C1N[C@H](c2ccccc2)C(=O)N[C@H]1Cc1c[nH]c2ccccc12. The number of hydrogen-bond acceptors (Lipinski definition) is 2. The van der Waals surface area contributed by atoms with Crippen LogP contribution in [0.2, 0.25) is 0 Å². The van der Waals surface area contributed by atoms with Crippen LogP contribution in [0.1, 0.15) is 17.2 Å². The Morgan fingerprint density at radius 1 is 0.833 bits per heavy atom. The van der Waals surface area contributed by atoms with Crippen molar-refractivity contribution in [2.24, 2.45) is 0 Å². The van der Waals surface area contributed by atoms with Crippen LogP contribution in [-0.2, 0) is 16.0 Å². The van der Waals surface area contributed by atoms with Crippen molar-refractivity contribution in [1.29, 1.82) is 0 Å². The maximum atomic E-state index is 12.4. The Labute approximate surface area is 139 Å². The molecule has 0 spiro atoms. The quantitative estimate of drug-likeness (QED) is 0.691. The van der Waals surface area contributed by atoms with E-state index in [1.807, 2.05) is 60.8 Å². The molecule has 3 aromatic rings. The van der Waals surface area contributed by atoms with E-state index in [-0.39, 0.29) is 11.8 Å². The molecule has 3 N–H and O–H groups in total. The van der Waals surface area contributed by atoms with Gasteiger partial charge < -0.3 is 15.6 Å². The van der Waals surface area contributed by atoms with Gasteiger partial charge in [0.2, 0.25) is 11.8 Å². The van der Waals surface area contributed by atoms with E-state index < -0.39 is 12.1 Å². The van der Waals surface area contributed by atoms with Crippen LogP contribution in [0.4, 0.5) is 0 Å². The van der Waals surface area contributed by atoms with Crippen molar-refractivity contribution in [1.82, 2.24) is 15.6 Å². The van der Waals surface area contributed by atoms with Gasteiger partial charge in [-0.3, -0.25) is 9.59 Å². The summed E-state index contributed by atoms with van der Waals surface area (Å²) in [6.45, 7) is 0. The second-order valence-electron chi connectivity index (χ2n) is 5.98. The lowest BCUT2D eigenvalue weighted by molar-refractivity contribution is -0.136. The molecular formula is C19H17N3O2. The van der Waals surface area contributed by atoms with Crippen LogP contribution in [0.5, 0.6) is 0 Å². The zero-order valence-corrected chi connectivity index (χ0v) is 13.0. The summed E-state index contributed by atoms with van der Waals surface area (Å²) in [5.74, 6) is -0.334. The fourth-order valence-corrected chi connectivity index (χ4v) is 3.17. The number of aromatic nitrogens is 1. The topological polar surface area (TPSA) is 74.0 Å². The normalized spacial score (nSPS) is 20.7. The molecule has 2 atom stereocenters. The van der Waals surface area contributed by atoms with Gasteiger partial charge in [0.25, 0.3) is 0 Å². The van der Waals surface area contributed by atoms with E-state index in [1.165, 1.54) is 0 Å². The number of fused-ring (bicyclic) bond motifs is 1. The number of H-pyrrole nitrogens is 1. The fourth-order valence-electron chi connectivity index (χ4n) is 3.17. The van der Waals surface area contributed by atoms with Crippen LogP contribution in [0, 0.1) is 0 Å². The first kappa shape index (κ1) is 14.5. The summed E-state index contributed by atoms with van der Waals surface area (Å²) < 4.78 is 0. The highest BCUT2D eigenvalue weighted by molar-refractivity contribution is 5.98. The highest BCUT2D eigenvalue weighted by atomic mass is 16.2. The van der Waals surface area contributed by atoms with E-state index in [4.69, 9.17) is 0 Å². The van der Waals surface area contributed by atoms with Gasteiger partial charge in [0.05, 0.1) is 0 Å². The van der Waals surface area contributed by atoms with Crippen molar-refractivity contribution in [3.05, 3.63) is 71.9 Å². The Kier molecular flexibility index (Phi) is 3.54. The van der Waals surface area contributed by atoms with Crippen molar-refractivity contribution in [3.8, 4) is 0 Å². The lowest BCUT2D eigenvalue weighted by Crippen LogP contribution is -2.58. The van der Waals surface area contributed by atoms with Gasteiger partial charge in [0.1, 0.15) is 12.1 Å². The number of rotatable bonds is 3. The molecule has 2 amide bonds. The average molecular weight is 319 g/mol. The van der Waals surface area contributed by atoms with Gasteiger partial charge in [-0.25, -0.2) is 0 Å². The van der Waals surface area contributed by atoms with E-state index in [9.17, 15) is 9.59 Å². The molecule has 24 heavy (non-hydrogen) atoms. The molecule has 5 heteroatoms. The zero-order chi connectivity index (χ0) is 16.5. The molecule has 2 aromatic carbocycles. The third-order valence-electron chi connectivity index (χ3n) is 4.41. The Morgan fingerprint density at radius 3 is 2.42 bits per heavy atom. The summed E-state index contributed by atoms with van der Waals surface area (Å²) in [7, 11) is 0. The number of benzene rings is 2. The van der Waals surface area contributed by atoms with E-state index in [2.05, 4.69) is 15.6 Å². The van der Waals surface area contributed by atoms with Gasteiger partial charge in [-0.2, -0.15) is 0 Å². The molecule has 0 saturated carbocycles. The minimum absolute atomic E-state index is 0.159. The van der Waals surface area contributed by atoms with Crippen LogP contribution in [0.25, 0.3) is 10.9 Å². The minimum Gasteiger partial charge on any atom is -0.361 e. The summed E-state index contributed by atoms with van der Waals surface area (Å²) in [4.78, 5) is 28.1. The molecule has 2 heterocycles. The first-order valence-electron chi connectivity index (χ1n) is 7.93. The molecule has 0 bridgehead atoms. The second kappa shape index (κ2) is 5.85. The Morgan fingerprint density at radius 2 is 1.58 bits per heavy atom. The number of carbonyl (C=O) groups excluding carboxylic acids is 2. The molecule has 5 nitrogen and oxygen atoms in total. The number of hydrogen-bond donors (Lipinski definition) is 3. The molecule has 1 saturated heterocycles. The van der Waals surface area contributed by atoms with Crippen molar-refractivity contribution < 1.29 is 9.59 Å². The third-order valence-corrected chi connectivity index (χ3v) is 4.41. The molecular weight excluding hydrogens is 302 g/mol. The van der Waals surface area contributed by atoms with Gasteiger partial charge in [-0.05, 0) is 17.2 Å². The Balaban J connectivity index is 1.54. The first-order valence-corrected chi connectivity index (χ1v) is 7.93. The van der Waals surface area contributed by atoms with Crippen LogP contribution in [-0.4, -0.2) is 22.8 Å². The summed E-state index contributed by atoms with van der Waals surface area (Å²) in [5.41, 5.74) is 2.83. The third kappa shape index (κ3) is 2.54. The summed E-state index contributed by atoms with van der Waals surface area (Å²) in [6, 6.07) is 16.0. The number of carbonyl (C=O) groups is 2. The largest absolute Gasteiger partial charge is 0.361 e. The molecule has 120 valence electrons. The molecule has 1 aliphatic heterocycles. The summed E-state index contributed by atoms with van der Waals surface area (Å²) in [5, 5.41) is 6.76. The Hall–Kier alpha value is -3.08. The lowest BCUT2D eigenvalue weighted by atomic mass is 9.98. The molecule has 1 fully saturated rings. The van der Waals surface area contributed by atoms with E-state index in [0.717, 1.165) is 22.0 Å². The number of piperazine rings is 1. The second-order valence-corrected chi connectivity index (χ2v) is 5.98. The highest BCUT2D eigenvalue weighted by Crippen LogP contribution is 2.21. The standard InChI is InChI=1S/C19H17N3O2/c23-18-16(10-13-11-20-15-9-5-4-8-14(13)15)21-19(24)17(22-18)12-6-2-1-3-7-12/h1-9,11,16-17,20H,10H2,(H,21,24)(H,22,23)/t16-,17+/m0/s1. The number of para-hydroxylation sites is 1. The summed E-state index contributed by atoms with van der Waals surface area (Å²) in [6.07, 6.45) is 2.36. The summed E-state index contributed by atoms with van der Waals surface area (Å²) >= 11 is 0. The molecule has 0 unspecified atom stereocenters. The van der Waals surface area contributed by atoms with Crippen molar-refractivity contribution in [2.75, 3.05) is 0 Å². The van der Waals surface area contributed by atoms with Crippen molar-refractivity contribution in [3.63, 3.8) is 0 Å². The van der Waals surface area contributed by atoms with E-state index in [1.54, 1.807) is 0 Å². The molecule has 1 aliphatic rings. The fraction of sp³-hybridized carbons (Fsp3) is 0.158. The number of nitrogens with one attached hydrogen (secondary N) is 3. The number of aromatic amines is 1. The average Bonchev–Trinajstić information content (AvgIpc) is 3.02. The zero-order valence-electron chi connectivity index (χ0n) is 13.0. The van der Waals surface area contributed by atoms with Crippen LogP contribution in [0.3, 0.4) is 0 Å². The van der Waals surface area contributed by atoms with Crippen molar-refractivity contribution >= 4 is 22.7 Å². The predicted octanol–water partition coefficient (Wildman–Crippen LogP) is 2.07. The van der Waals surface area contributed by atoms with Gasteiger partial charge in [0.15, 0.2) is 0 Å². The maximum Gasteiger partial charge on any atom is 0.247 e. The molecule has 0 aliphatic carbocycles. The predicted molar refractivity (Wildman–Crippen MR) is 91.3 cm³/mol. The van der Waals surface area contributed by atoms with Gasteiger partial charge in [-0.1, -0.05) is 48.5 Å². The van der Waals surface area contributed by atoms with Crippen LogP contribution >= 0.6 is 0 Å².